The zero-order valence-corrected chi connectivity index (χ0v) is 17.2. The van der Waals surface area contributed by atoms with E-state index < -0.39 is 0 Å². The SMILES string of the molecule is Cc1ccc(CC(=O)N/N=C\c2cc(C)n(-c3ccccc3C)c2C)cc1C. The Labute approximate surface area is 166 Å². The third-order valence-corrected chi connectivity index (χ3v) is 5.16. The molecule has 0 aliphatic rings. The van der Waals surface area contributed by atoms with Gasteiger partial charge in [0.15, 0.2) is 0 Å². The van der Waals surface area contributed by atoms with Crippen LogP contribution in [0.3, 0.4) is 0 Å². The third-order valence-electron chi connectivity index (χ3n) is 5.16. The number of hydrazone groups is 1. The standard InChI is InChI=1S/C24H27N3O/c1-16-10-11-21(12-18(16)3)14-24(28)26-25-15-22-13-19(4)27(20(22)5)23-9-7-6-8-17(23)2/h6-13,15H,14H2,1-5H3,(H,26,28)/b25-15-. The van der Waals surface area contributed by atoms with Gasteiger partial charge in [-0.3, -0.25) is 4.79 Å². The molecule has 0 aliphatic heterocycles. The van der Waals surface area contributed by atoms with Crippen molar-refractivity contribution in [3.05, 3.63) is 87.7 Å². The van der Waals surface area contributed by atoms with Crippen molar-refractivity contribution in [3.8, 4) is 5.69 Å². The molecule has 0 aliphatic carbocycles. The quantitative estimate of drug-likeness (QED) is 0.511. The molecule has 0 radical (unpaired) electrons. The van der Waals surface area contributed by atoms with E-state index in [0.717, 1.165) is 28.2 Å². The Kier molecular flexibility index (Phi) is 5.78. The first-order chi connectivity index (χ1) is 13.4. The van der Waals surface area contributed by atoms with Gasteiger partial charge in [-0.1, -0.05) is 36.4 Å². The number of amides is 1. The highest BCUT2D eigenvalue weighted by Gasteiger charge is 2.11. The predicted octanol–water partition coefficient (Wildman–Crippen LogP) is 4.71. The van der Waals surface area contributed by atoms with Gasteiger partial charge in [-0.25, -0.2) is 5.43 Å². The summed E-state index contributed by atoms with van der Waals surface area (Å²) >= 11 is 0. The molecule has 144 valence electrons. The number of para-hydroxylation sites is 1. The molecule has 0 bridgehead atoms. The lowest BCUT2D eigenvalue weighted by molar-refractivity contribution is -0.120. The average molecular weight is 374 g/mol. The number of hydrogen-bond donors (Lipinski definition) is 1. The zero-order valence-electron chi connectivity index (χ0n) is 17.2. The molecule has 0 saturated heterocycles. The monoisotopic (exact) mass is 373 g/mol. The van der Waals surface area contributed by atoms with E-state index in [0.29, 0.717) is 6.42 Å². The highest BCUT2D eigenvalue weighted by molar-refractivity contribution is 5.85. The molecule has 1 heterocycles. The van der Waals surface area contributed by atoms with Crippen LogP contribution in [-0.4, -0.2) is 16.7 Å². The molecule has 0 saturated carbocycles. The van der Waals surface area contributed by atoms with Crippen LogP contribution >= 0.6 is 0 Å². The number of nitrogens with zero attached hydrogens (tertiary/aromatic N) is 2. The topological polar surface area (TPSA) is 46.4 Å². The Morgan fingerprint density at radius 2 is 1.71 bits per heavy atom. The van der Waals surface area contributed by atoms with Crippen LogP contribution in [0.5, 0.6) is 0 Å². The number of hydrogen-bond acceptors (Lipinski definition) is 2. The van der Waals surface area contributed by atoms with Crippen molar-refractivity contribution < 1.29 is 4.79 Å². The maximum atomic E-state index is 12.2. The highest BCUT2D eigenvalue weighted by atomic mass is 16.2. The summed E-state index contributed by atoms with van der Waals surface area (Å²) in [6.07, 6.45) is 2.04. The zero-order chi connectivity index (χ0) is 20.3. The van der Waals surface area contributed by atoms with Crippen LogP contribution in [-0.2, 0) is 11.2 Å². The summed E-state index contributed by atoms with van der Waals surface area (Å²) in [5, 5.41) is 4.17. The van der Waals surface area contributed by atoms with E-state index in [1.54, 1.807) is 6.21 Å². The van der Waals surface area contributed by atoms with E-state index in [-0.39, 0.29) is 5.91 Å². The number of aromatic nitrogens is 1. The van der Waals surface area contributed by atoms with E-state index in [1.807, 2.05) is 24.3 Å². The Balaban J connectivity index is 1.71. The van der Waals surface area contributed by atoms with Gasteiger partial charge in [0.1, 0.15) is 0 Å². The minimum absolute atomic E-state index is 0.118. The normalized spacial score (nSPS) is 11.2. The van der Waals surface area contributed by atoms with Crippen molar-refractivity contribution in [1.82, 2.24) is 9.99 Å². The van der Waals surface area contributed by atoms with Gasteiger partial charge in [0.25, 0.3) is 0 Å². The highest BCUT2D eigenvalue weighted by Crippen LogP contribution is 2.22. The van der Waals surface area contributed by atoms with Crippen molar-refractivity contribution >= 4 is 12.1 Å². The van der Waals surface area contributed by atoms with Gasteiger partial charge in [-0.15, -0.1) is 0 Å². The molecule has 4 heteroatoms. The van der Waals surface area contributed by atoms with Crippen molar-refractivity contribution in [2.75, 3.05) is 0 Å². The number of nitrogens with one attached hydrogen (secondary N) is 1. The van der Waals surface area contributed by atoms with Crippen LogP contribution < -0.4 is 5.43 Å². The van der Waals surface area contributed by atoms with Crippen molar-refractivity contribution in [1.29, 1.82) is 0 Å². The van der Waals surface area contributed by atoms with E-state index >= 15 is 0 Å². The van der Waals surface area contributed by atoms with Crippen LogP contribution in [0.2, 0.25) is 0 Å². The fraction of sp³-hybridized carbons (Fsp3) is 0.250. The maximum absolute atomic E-state index is 12.2. The lowest BCUT2D eigenvalue weighted by Gasteiger charge is -2.12. The van der Waals surface area contributed by atoms with Gasteiger partial charge in [0, 0.05) is 22.6 Å². The van der Waals surface area contributed by atoms with E-state index in [2.05, 4.69) is 74.0 Å². The summed E-state index contributed by atoms with van der Waals surface area (Å²) < 4.78 is 2.22. The number of carbonyl (C=O) groups is 1. The summed E-state index contributed by atoms with van der Waals surface area (Å²) in [6.45, 7) is 10.4. The largest absolute Gasteiger partial charge is 0.318 e. The number of aryl methyl sites for hydroxylation is 4. The fourth-order valence-electron chi connectivity index (χ4n) is 3.42. The molecular formula is C24H27N3O. The molecule has 28 heavy (non-hydrogen) atoms. The van der Waals surface area contributed by atoms with E-state index in [4.69, 9.17) is 0 Å². The van der Waals surface area contributed by atoms with Crippen LogP contribution in [0.25, 0.3) is 5.69 Å². The van der Waals surface area contributed by atoms with E-state index in [9.17, 15) is 4.79 Å². The summed E-state index contributed by atoms with van der Waals surface area (Å²) in [7, 11) is 0. The molecule has 1 amide bonds. The summed E-state index contributed by atoms with van der Waals surface area (Å²) in [6, 6.07) is 16.5. The van der Waals surface area contributed by atoms with Crippen molar-refractivity contribution in [2.24, 2.45) is 5.10 Å². The molecule has 3 aromatic rings. The number of benzene rings is 2. The van der Waals surface area contributed by atoms with Crippen molar-refractivity contribution in [3.63, 3.8) is 0 Å². The average Bonchev–Trinajstić information content (AvgIpc) is 2.92. The Hall–Kier alpha value is -3.14. The molecule has 1 N–H and O–H groups in total. The van der Waals surface area contributed by atoms with Crippen LogP contribution in [0.1, 0.15) is 39.2 Å². The van der Waals surface area contributed by atoms with E-state index in [1.165, 1.54) is 16.7 Å². The first-order valence-corrected chi connectivity index (χ1v) is 9.50. The molecule has 0 spiro atoms. The number of carbonyl (C=O) groups excluding carboxylic acids is 1. The molecule has 4 nitrogen and oxygen atoms in total. The Morgan fingerprint density at radius 1 is 0.964 bits per heavy atom. The molecule has 1 aromatic heterocycles. The number of rotatable bonds is 5. The summed E-state index contributed by atoms with van der Waals surface area (Å²) in [4.78, 5) is 12.2. The molecular weight excluding hydrogens is 346 g/mol. The van der Waals surface area contributed by atoms with Gasteiger partial charge in [0.2, 0.25) is 5.91 Å². The second-order valence-corrected chi connectivity index (χ2v) is 7.34. The van der Waals surface area contributed by atoms with Crippen LogP contribution in [0.4, 0.5) is 0 Å². The molecule has 2 aromatic carbocycles. The Morgan fingerprint density at radius 3 is 2.43 bits per heavy atom. The van der Waals surface area contributed by atoms with Crippen LogP contribution in [0, 0.1) is 34.6 Å². The maximum Gasteiger partial charge on any atom is 0.244 e. The fourth-order valence-corrected chi connectivity index (χ4v) is 3.42. The van der Waals surface area contributed by atoms with Gasteiger partial charge in [0.05, 0.1) is 12.6 Å². The first-order valence-electron chi connectivity index (χ1n) is 9.50. The van der Waals surface area contributed by atoms with Gasteiger partial charge < -0.3 is 4.57 Å². The Bertz CT molecular complexity index is 1040. The second kappa shape index (κ2) is 8.26. The predicted molar refractivity (Wildman–Crippen MR) is 115 cm³/mol. The molecule has 0 fully saturated rings. The van der Waals surface area contributed by atoms with Crippen LogP contribution in [0.15, 0.2) is 53.6 Å². The summed E-state index contributed by atoms with van der Waals surface area (Å²) in [5.74, 6) is -0.118. The lowest BCUT2D eigenvalue weighted by Crippen LogP contribution is -2.19. The summed E-state index contributed by atoms with van der Waals surface area (Å²) in [5.41, 5.74) is 11.7. The second-order valence-electron chi connectivity index (χ2n) is 7.34. The molecule has 3 rings (SSSR count). The van der Waals surface area contributed by atoms with Gasteiger partial charge >= 0.3 is 0 Å². The van der Waals surface area contributed by atoms with Crippen molar-refractivity contribution in [2.45, 2.75) is 41.0 Å². The first kappa shape index (κ1) is 19.6. The minimum Gasteiger partial charge on any atom is -0.318 e. The van der Waals surface area contributed by atoms with Gasteiger partial charge in [-0.2, -0.15) is 5.10 Å². The lowest BCUT2D eigenvalue weighted by atomic mass is 10.0. The smallest absolute Gasteiger partial charge is 0.244 e. The molecule has 0 atom stereocenters. The van der Waals surface area contributed by atoms with Gasteiger partial charge in [-0.05, 0) is 69.0 Å². The molecule has 0 unspecified atom stereocenters. The minimum atomic E-state index is -0.118. The third kappa shape index (κ3) is 4.22.